The third kappa shape index (κ3) is 10.3. The molecule has 2 N–H and O–H groups in total. The van der Waals surface area contributed by atoms with Crippen LogP contribution in [0.5, 0.6) is 0 Å². The van der Waals surface area contributed by atoms with Gasteiger partial charge in [-0.05, 0) is 38.9 Å². The van der Waals surface area contributed by atoms with Crippen LogP contribution < -0.4 is 10.6 Å². The molecule has 0 atom stereocenters. The predicted molar refractivity (Wildman–Crippen MR) is 74.8 cm³/mol. The van der Waals surface area contributed by atoms with Gasteiger partial charge in [0.1, 0.15) is 0 Å². The summed E-state index contributed by atoms with van der Waals surface area (Å²) in [5, 5.41) is 5.71. The molecule has 0 saturated carbocycles. The van der Waals surface area contributed by atoms with Crippen LogP contribution in [-0.4, -0.2) is 34.0 Å². The molecule has 0 rings (SSSR count). The number of rotatable bonds is 9. The van der Waals surface area contributed by atoms with Crippen LogP contribution in [0.15, 0.2) is 0 Å². The molecule has 102 valence electrons. The second-order valence-corrected chi connectivity index (χ2v) is 9.14. The number of amides is 2. The fourth-order valence-corrected chi connectivity index (χ4v) is 3.57. The molecule has 0 fully saturated rings. The number of carbonyl (C=O) groups excluding carboxylic acids is 1. The zero-order chi connectivity index (χ0) is 13.1. The average Bonchev–Trinajstić information content (AvgIpc) is 2.25. The van der Waals surface area contributed by atoms with Gasteiger partial charge >= 0.3 is 6.03 Å². The van der Waals surface area contributed by atoms with E-state index in [1.165, 1.54) is 0 Å². The minimum Gasteiger partial charge on any atom is -0.418 e. The van der Waals surface area contributed by atoms with Crippen LogP contribution in [0.4, 0.5) is 4.79 Å². The topological polar surface area (TPSA) is 50.4 Å². The molecule has 0 saturated heterocycles. The van der Waals surface area contributed by atoms with Crippen molar-refractivity contribution in [1.82, 2.24) is 10.6 Å². The molecule has 0 aromatic rings. The highest BCUT2D eigenvalue weighted by atomic mass is 28.4. The zero-order valence-electron chi connectivity index (χ0n) is 11.8. The second kappa shape index (κ2) is 9.47. The van der Waals surface area contributed by atoms with E-state index in [-0.39, 0.29) is 6.03 Å². The minimum absolute atomic E-state index is 0.0469. The molecule has 0 aromatic carbocycles. The van der Waals surface area contributed by atoms with Gasteiger partial charge in [0.05, 0.1) is 0 Å². The fraction of sp³-hybridized carbons (Fsp3) is 0.917. The van der Waals surface area contributed by atoms with Crippen molar-refractivity contribution in [3.8, 4) is 0 Å². The molecule has 0 radical (unpaired) electrons. The predicted octanol–water partition coefficient (Wildman–Crippen LogP) is 2.72. The fourth-order valence-electron chi connectivity index (χ4n) is 1.62. The first kappa shape index (κ1) is 16.4. The van der Waals surface area contributed by atoms with Gasteiger partial charge < -0.3 is 15.1 Å². The Hall–Kier alpha value is -0.553. The Morgan fingerprint density at radius 1 is 1.12 bits per heavy atom. The van der Waals surface area contributed by atoms with E-state index in [9.17, 15) is 4.79 Å². The highest BCUT2D eigenvalue weighted by Crippen LogP contribution is 2.12. The number of hydrogen-bond donors (Lipinski definition) is 2. The molecule has 0 aliphatic carbocycles. The summed E-state index contributed by atoms with van der Waals surface area (Å²) in [6, 6.07) is 1.05. The van der Waals surface area contributed by atoms with Crippen molar-refractivity contribution in [3.63, 3.8) is 0 Å². The standard InChI is InChI=1S/C12H28N2O2Si/c1-5-7-9-13-12(15)14-10-8-11-17(3,4)16-6-2/h5-11H2,1-4H3,(H2,13,14,15). The van der Waals surface area contributed by atoms with E-state index < -0.39 is 8.32 Å². The lowest BCUT2D eigenvalue weighted by molar-refractivity contribution is 0.240. The van der Waals surface area contributed by atoms with Crippen molar-refractivity contribution in [2.24, 2.45) is 0 Å². The average molecular weight is 260 g/mol. The number of carbonyl (C=O) groups is 1. The number of hydrogen-bond acceptors (Lipinski definition) is 2. The SMILES string of the molecule is CCCCNC(=O)NCCC[Si](C)(C)OCC. The summed E-state index contributed by atoms with van der Waals surface area (Å²) in [6.07, 6.45) is 3.15. The van der Waals surface area contributed by atoms with Gasteiger partial charge in [-0.2, -0.15) is 0 Å². The third-order valence-electron chi connectivity index (χ3n) is 2.59. The lowest BCUT2D eigenvalue weighted by Gasteiger charge is -2.21. The molecule has 0 heterocycles. The van der Waals surface area contributed by atoms with Crippen LogP contribution >= 0.6 is 0 Å². The maximum Gasteiger partial charge on any atom is 0.314 e. The lowest BCUT2D eigenvalue weighted by atomic mass is 10.3. The Kier molecular flexibility index (Phi) is 9.17. The van der Waals surface area contributed by atoms with Crippen molar-refractivity contribution >= 4 is 14.3 Å². The molecule has 17 heavy (non-hydrogen) atoms. The molecule has 0 aliphatic heterocycles. The van der Waals surface area contributed by atoms with Gasteiger partial charge in [0.25, 0.3) is 0 Å². The zero-order valence-corrected chi connectivity index (χ0v) is 12.8. The molecule has 0 unspecified atom stereocenters. The number of nitrogens with one attached hydrogen (secondary N) is 2. The van der Waals surface area contributed by atoms with Crippen LogP contribution in [0.25, 0.3) is 0 Å². The maximum atomic E-state index is 11.3. The van der Waals surface area contributed by atoms with E-state index in [1.54, 1.807) is 0 Å². The Morgan fingerprint density at radius 2 is 1.71 bits per heavy atom. The number of urea groups is 1. The smallest absolute Gasteiger partial charge is 0.314 e. The minimum atomic E-state index is -1.48. The summed E-state index contributed by atoms with van der Waals surface area (Å²) in [5.41, 5.74) is 0. The molecule has 5 heteroatoms. The molecular weight excluding hydrogens is 232 g/mol. The van der Waals surface area contributed by atoms with Gasteiger partial charge in [0.15, 0.2) is 8.32 Å². The Labute approximate surface area is 107 Å². The Bertz CT molecular complexity index is 211. The third-order valence-corrected chi connectivity index (χ3v) is 5.22. The van der Waals surface area contributed by atoms with E-state index in [2.05, 4.69) is 30.7 Å². The van der Waals surface area contributed by atoms with Gasteiger partial charge in [-0.1, -0.05) is 13.3 Å². The van der Waals surface area contributed by atoms with Crippen molar-refractivity contribution in [3.05, 3.63) is 0 Å². The van der Waals surface area contributed by atoms with E-state index in [0.717, 1.165) is 45.0 Å². The van der Waals surface area contributed by atoms with Crippen LogP contribution in [0.3, 0.4) is 0 Å². The van der Waals surface area contributed by atoms with Gasteiger partial charge in [-0.25, -0.2) is 4.79 Å². The molecule has 0 aliphatic rings. The van der Waals surface area contributed by atoms with E-state index in [4.69, 9.17) is 4.43 Å². The molecule has 0 aromatic heterocycles. The van der Waals surface area contributed by atoms with Crippen LogP contribution in [0.1, 0.15) is 33.1 Å². The van der Waals surface area contributed by atoms with Gasteiger partial charge in [0.2, 0.25) is 0 Å². The Morgan fingerprint density at radius 3 is 2.24 bits per heavy atom. The molecule has 0 spiro atoms. The van der Waals surface area contributed by atoms with Gasteiger partial charge in [0, 0.05) is 19.7 Å². The first-order chi connectivity index (χ1) is 8.02. The van der Waals surface area contributed by atoms with Gasteiger partial charge in [-0.15, -0.1) is 0 Å². The van der Waals surface area contributed by atoms with E-state index in [1.807, 2.05) is 6.92 Å². The van der Waals surface area contributed by atoms with Crippen molar-refractivity contribution in [1.29, 1.82) is 0 Å². The number of unbranched alkanes of at least 4 members (excludes halogenated alkanes) is 1. The first-order valence-electron chi connectivity index (χ1n) is 6.67. The first-order valence-corrected chi connectivity index (χ1v) is 9.79. The highest BCUT2D eigenvalue weighted by molar-refractivity contribution is 6.71. The van der Waals surface area contributed by atoms with Crippen LogP contribution in [0, 0.1) is 0 Å². The molecule has 4 nitrogen and oxygen atoms in total. The normalized spacial score (nSPS) is 11.3. The van der Waals surface area contributed by atoms with E-state index in [0.29, 0.717) is 0 Å². The summed E-state index contributed by atoms with van der Waals surface area (Å²) in [5.74, 6) is 0. The lowest BCUT2D eigenvalue weighted by Crippen LogP contribution is -2.37. The van der Waals surface area contributed by atoms with Crippen molar-refractivity contribution in [2.45, 2.75) is 52.2 Å². The van der Waals surface area contributed by atoms with E-state index >= 15 is 0 Å². The monoisotopic (exact) mass is 260 g/mol. The quantitative estimate of drug-likeness (QED) is 0.495. The molecular formula is C12H28N2O2Si. The summed E-state index contributed by atoms with van der Waals surface area (Å²) >= 11 is 0. The van der Waals surface area contributed by atoms with Crippen molar-refractivity contribution < 1.29 is 9.22 Å². The highest BCUT2D eigenvalue weighted by Gasteiger charge is 2.20. The molecule has 2 amide bonds. The summed E-state index contributed by atoms with van der Waals surface area (Å²) < 4.78 is 5.73. The Balaban J connectivity index is 3.47. The van der Waals surface area contributed by atoms with Crippen LogP contribution in [-0.2, 0) is 4.43 Å². The summed E-state index contributed by atoms with van der Waals surface area (Å²) in [7, 11) is -1.48. The summed E-state index contributed by atoms with van der Waals surface area (Å²) in [4.78, 5) is 11.3. The largest absolute Gasteiger partial charge is 0.418 e. The van der Waals surface area contributed by atoms with Crippen molar-refractivity contribution in [2.75, 3.05) is 19.7 Å². The second-order valence-electron chi connectivity index (χ2n) is 4.83. The maximum absolute atomic E-state index is 11.3. The molecule has 0 bridgehead atoms. The van der Waals surface area contributed by atoms with Crippen LogP contribution in [0.2, 0.25) is 19.1 Å². The van der Waals surface area contributed by atoms with Gasteiger partial charge in [-0.3, -0.25) is 0 Å². The summed E-state index contributed by atoms with van der Waals surface area (Å²) in [6.45, 7) is 10.9.